The van der Waals surface area contributed by atoms with Crippen molar-refractivity contribution in [2.24, 2.45) is 0 Å². The number of carbonyl (C=O) groups excluding carboxylic acids is 1. The SMILES string of the molecule is Nc1cc(F)ccc1NC(=O)c1ccon1. The maximum atomic E-state index is 12.7. The van der Waals surface area contributed by atoms with Crippen molar-refractivity contribution in [1.29, 1.82) is 0 Å². The van der Waals surface area contributed by atoms with Crippen molar-refractivity contribution in [1.82, 2.24) is 5.16 Å². The first kappa shape index (κ1) is 10.2. The van der Waals surface area contributed by atoms with Crippen LogP contribution in [0.25, 0.3) is 0 Å². The number of hydrogen-bond donors (Lipinski definition) is 2. The van der Waals surface area contributed by atoms with E-state index in [0.29, 0.717) is 5.69 Å². The number of amides is 1. The quantitative estimate of drug-likeness (QED) is 0.755. The first-order valence-corrected chi connectivity index (χ1v) is 4.43. The van der Waals surface area contributed by atoms with E-state index in [0.717, 1.165) is 6.07 Å². The number of hydrogen-bond acceptors (Lipinski definition) is 4. The van der Waals surface area contributed by atoms with E-state index >= 15 is 0 Å². The third-order valence-electron chi connectivity index (χ3n) is 1.93. The summed E-state index contributed by atoms with van der Waals surface area (Å²) >= 11 is 0. The minimum atomic E-state index is -0.466. The lowest BCUT2D eigenvalue weighted by molar-refractivity contribution is 0.101. The molecule has 1 aromatic carbocycles. The standard InChI is InChI=1S/C10H8FN3O2/c11-6-1-2-8(7(12)5-6)13-10(15)9-3-4-16-14-9/h1-5H,12H2,(H,13,15). The highest BCUT2D eigenvalue weighted by Gasteiger charge is 2.10. The first-order chi connectivity index (χ1) is 7.66. The minimum absolute atomic E-state index is 0.128. The summed E-state index contributed by atoms with van der Waals surface area (Å²) in [6, 6.07) is 5.12. The Morgan fingerprint density at radius 3 is 2.88 bits per heavy atom. The molecule has 0 aliphatic heterocycles. The Bertz CT molecular complexity index is 511. The summed E-state index contributed by atoms with van der Waals surface area (Å²) in [5.74, 6) is -0.927. The van der Waals surface area contributed by atoms with Crippen molar-refractivity contribution < 1.29 is 13.7 Å². The maximum Gasteiger partial charge on any atom is 0.277 e. The molecule has 6 heteroatoms. The van der Waals surface area contributed by atoms with E-state index in [1.165, 1.54) is 24.5 Å². The van der Waals surface area contributed by atoms with Crippen LogP contribution < -0.4 is 11.1 Å². The molecule has 82 valence electrons. The molecule has 2 rings (SSSR count). The van der Waals surface area contributed by atoms with Crippen LogP contribution in [0.15, 0.2) is 35.1 Å². The van der Waals surface area contributed by atoms with Gasteiger partial charge in [0.15, 0.2) is 5.69 Å². The average molecular weight is 221 g/mol. The normalized spacial score (nSPS) is 10.1. The van der Waals surface area contributed by atoms with Gasteiger partial charge in [0.2, 0.25) is 0 Å². The summed E-state index contributed by atoms with van der Waals surface area (Å²) in [6.45, 7) is 0. The fourth-order valence-corrected chi connectivity index (χ4v) is 1.16. The molecule has 0 atom stereocenters. The van der Waals surface area contributed by atoms with Crippen LogP contribution in [0.5, 0.6) is 0 Å². The Hall–Kier alpha value is -2.37. The van der Waals surface area contributed by atoms with Crippen molar-refractivity contribution in [3.8, 4) is 0 Å². The van der Waals surface area contributed by atoms with Gasteiger partial charge in [-0.3, -0.25) is 4.79 Å². The molecule has 5 nitrogen and oxygen atoms in total. The number of nitrogen functional groups attached to an aromatic ring is 1. The molecule has 0 aliphatic rings. The molecule has 0 aliphatic carbocycles. The van der Waals surface area contributed by atoms with E-state index in [1.807, 2.05) is 0 Å². The molecule has 0 spiro atoms. The van der Waals surface area contributed by atoms with Crippen LogP contribution in [0.1, 0.15) is 10.5 Å². The average Bonchev–Trinajstić information content (AvgIpc) is 2.75. The van der Waals surface area contributed by atoms with E-state index in [1.54, 1.807) is 0 Å². The zero-order valence-electron chi connectivity index (χ0n) is 8.11. The fourth-order valence-electron chi connectivity index (χ4n) is 1.16. The van der Waals surface area contributed by atoms with Gasteiger partial charge in [0.25, 0.3) is 5.91 Å². The molecule has 0 saturated carbocycles. The van der Waals surface area contributed by atoms with E-state index in [2.05, 4.69) is 15.0 Å². The first-order valence-electron chi connectivity index (χ1n) is 4.43. The molecule has 2 aromatic rings. The minimum Gasteiger partial charge on any atom is -0.397 e. The molecular formula is C10H8FN3O2. The van der Waals surface area contributed by atoms with E-state index in [-0.39, 0.29) is 11.4 Å². The summed E-state index contributed by atoms with van der Waals surface area (Å²) in [5, 5.41) is 5.94. The largest absolute Gasteiger partial charge is 0.397 e. The van der Waals surface area contributed by atoms with Crippen LogP contribution in [0.4, 0.5) is 15.8 Å². The lowest BCUT2D eigenvalue weighted by Gasteiger charge is -2.05. The molecule has 0 unspecified atom stereocenters. The Morgan fingerprint density at radius 1 is 1.44 bits per heavy atom. The number of halogens is 1. The molecular weight excluding hydrogens is 213 g/mol. The number of nitrogens with one attached hydrogen (secondary N) is 1. The second-order valence-corrected chi connectivity index (χ2v) is 3.07. The van der Waals surface area contributed by atoms with Gasteiger partial charge < -0.3 is 15.6 Å². The number of aromatic nitrogens is 1. The Kier molecular flexibility index (Phi) is 2.55. The van der Waals surface area contributed by atoms with Gasteiger partial charge in [-0.05, 0) is 18.2 Å². The highest BCUT2D eigenvalue weighted by atomic mass is 19.1. The van der Waals surface area contributed by atoms with Gasteiger partial charge in [-0.2, -0.15) is 0 Å². The molecule has 0 bridgehead atoms. The van der Waals surface area contributed by atoms with Crippen LogP contribution in [0, 0.1) is 5.82 Å². The number of nitrogens with two attached hydrogens (primary N) is 1. The lowest BCUT2D eigenvalue weighted by Crippen LogP contribution is -2.13. The van der Waals surface area contributed by atoms with Crippen molar-refractivity contribution >= 4 is 17.3 Å². The van der Waals surface area contributed by atoms with Gasteiger partial charge in [-0.1, -0.05) is 5.16 Å². The fraction of sp³-hybridized carbons (Fsp3) is 0. The molecule has 1 heterocycles. The molecule has 0 fully saturated rings. The number of rotatable bonds is 2. The molecule has 1 amide bonds. The summed E-state index contributed by atoms with van der Waals surface area (Å²) < 4.78 is 17.3. The lowest BCUT2D eigenvalue weighted by atomic mass is 10.2. The Labute approximate surface area is 90.0 Å². The zero-order chi connectivity index (χ0) is 11.5. The smallest absolute Gasteiger partial charge is 0.277 e. The number of nitrogens with zero attached hydrogens (tertiary/aromatic N) is 1. The van der Waals surface area contributed by atoms with E-state index < -0.39 is 11.7 Å². The van der Waals surface area contributed by atoms with Gasteiger partial charge >= 0.3 is 0 Å². The van der Waals surface area contributed by atoms with Crippen LogP contribution in [0.3, 0.4) is 0 Å². The van der Waals surface area contributed by atoms with Crippen LogP contribution >= 0.6 is 0 Å². The molecule has 16 heavy (non-hydrogen) atoms. The summed E-state index contributed by atoms with van der Waals surface area (Å²) in [5.41, 5.74) is 6.13. The Morgan fingerprint density at radius 2 is 2.25 bits per heavy atom. The number of benzene rings is 1. The van der Waals surface area contributed by atoms with E-state index in [4.69, 9.17) is 5.73 Å². The second kappa shape index (κ2) is 4.01. The van der Waals surface area contributed by atoms with Gasteiger partial charge in [0.1, 0.15) is 12.1 Å². The number of anilines is 2. The Balaban J connectivity index is 2.18. The van der Waals surface area contributed by atoms with Gasteiger partial charge in [-0.25, -0.2) is 4.39 Å². The second-order valence-electron chi connectivity index (χ2n) is 3.07. The predicted molar refractivity (Wildman–Crippen MR) is 55.3 cm³/mol. The van der Waals surface area contributed by atoms with Gasteiger partial charge in [-0.15, -0.1) is 0 Å². The molecule has 0 saturated heterocycles. The van der Waals surface area contributed by atoms with Crippen LogP contribution in [-0.2, 0) is 0 Å². The monoisotopic (exact) mass is 221 g/mol. The molecule has 1 aromatic heterocycles. The maximum absolute atomic E-state index is 12.7. The molecule has 0 radical (unpaired) electrons. The number of carbonyl (C=O) groups is 1. The highest BCUT2D eigenvalue weighted by molar-refractivity contribution is 6.04. The predicted octanol–water partition coefficient (Wildman–Crippen LogP) is 1.65. The van der Waals surface area contributed by atoms with E-state index in [9.17, 15) is 9.18 Å². The third kappa shape index (κ3) is 2.00. The van der Waals surface area contributed by atoms with Gasteiger partial charge in [0, 0.05) is 6.07 Å². The van der Waals surface area contributed by atoms with Crippen molar-refractivity contribution in [2.45, 2.75) is 0 Å². The van der Waals surface area contributed by atoms with Crippen molar-refractivity contribution in [3.05, 3.63) is 42.0 Å². The van der Waals surface area contributed by atoms with Crippen LogP contribution in [-0.4, -0.2) is 11.1 Å². The topological polar surface area (TPSA) is 81.1 Å². The summed E-state index contributed by atoms with van der Waals surface area (Å²) in [4.78, 5) is 11.5. The highest BCUT2D eigenvalue weighted by Crippen LogP contribution is 2.19. The molecule has 3 N–H and O–H groups in total. The third-order valence-corrected chi connectivity index (χ3v) is 1.93. The van der Waals surface area contributed by atoms with Crippen LogP contribution in [0.2, 0.25) is 0 Å². The summed E-state index contributed by atoms with van der Waals surface area (Å²) in [6.07, 6.45) is 1.28. The van der Waals surface area contributed by atoms with Gasteiger partial charge in [0.05, 0.1) is 11.4 Å². The summed E-state index contributed by atoms with van der Waals surface area (Å²) in [7, 11) is 0. The van der Waals surface area contributed by atoms with Crippen molar-refractivity contribution in [3.63, 3.8) is 0 Å². The zero-order valence-corrected chi connectivity index (χ0v) is 8.11. The van der Waals surface area contributed by atoms with Crippen molar-refractivity contribution in [2.75, 3.05) is 11.1 Å².